The molecule has 0 aliphatic carbocycles. The van der Waals surface area contributed by atoms with Crippen molar-refractivity contribution in [3.05, 3.63) is 0 Å². The van der Waals surface area contributed by atoms with Crippen LogP contribution in [-0.4, -0.2) is 51.8 Å². The summed E-state index contributed by atoms with van der Waals surface area (Å²) in [5.74, 6) is -1.32. The van der Waals surface area contributed by atoms with Crippen molar-refractivity contribution < 1.29 is 14.7 Å². The van der Waals surface area contributed by atoms with E-state index in [0.29, 0.717) is 0 Å². The van der Waals surface area contributed by atoms with Crippen LogP contribution in [0.4, 0.5) is 0 Å². The molecule has 0 aromatic heterocycles. The van der Waals surface area contributed by atoms with Crippen LogP contribution in [0.2, 0.25) is 0 Å². The number of carbonyl (C=O) groups excluding carboxylic acids is 1. The zero-order valence-corrected chi connectivity index (χ0v) is 8.51. The van der Waals surface area contributed by atoms with E-state index in [1.54, 1.807) is 0 Å². The van der Waals surface area contributed by atoms with Gasteiger partial charge in [-0.15, -0.1) is 0 Å². The van der Waals surface area contributed by atoms with Crippen molar-refractivity contribution in [2.75, 3.05) is 5.75 Å². The number of carboxylic acid groups (broad SMARTS) is 1. The minimum Gasteiger partial charge on any atom is -0.480 e. The van der Waals surface area contributed by atoms with Gasteiger partial charge in [0.2, 0.25) is 5.91 Å². The van der Waals surface area contributed by atoms with Gasteiger partial charge in [0.1, 0.15) is 6.04 Å². The monoisotopic (exact) mass is 187 g/mol. The van der Waals surface area contributed by atoms with Gasteiger partial charge < -0.3 is 10.4 Å². The molecular formula is C5H9MgNO3S+2. The fourth-order valence-electron chi connectivity index (χ4n) is 0.431. The van der Waals surface area contributed by atoms with Gasteiger partial charge in [-0.2, -0.15) is 12.6 Å². The Bertz CT molecular complexity index is 153. The van der Waals surface area contributed by atoms with Crippen LogP contribution in [0.25, 0.3) is 0 Å². The van der Waals surface area contributed by atoms with Gasteiger partial charge in [0.05, 0.1) is 0 Å². The van der Waals surface area contributed by atoms with Crippen LogP contribution in [0.3, 0.4) is 0 Å². The fourth-order valence-corrected chi connectivity index (χ4v) is 0.678. The molecule has 0 aromatic carbocycles. The maximum atomic E-state index is 10.3. The van der Waals surface area contributed by atoms with Gasteiger partial charge in [-0.1, -0.05) is 0 Å². The van der Waals surface area contributed by atoms with Crippen LogP contribution in [0.15, 0.2) is 0 Å². The molecule has 0 saturated heterocycles. The molecule has 0 heterocycles. The van der Waals surface area contributed by atoms with E-state index in [9.17, 15) is 9.59 Å². The Morgan fingerprint density at radius 1 is 1.64 bits per heavy atom. The number of hydrogen-bond acceptors (Lipinski definition) is 3. The van der Waals surface area contributed by atoms with Gasteiger partial charge in [-0.25, -0.2) is 4.79 Å². The van der Waals surface area contributed by atoms with Gasteiger partial charge in [-0.05, 0) is 0 Å². The molecule has 2 N–H and O–H groups in total. The van der Waals surface area contributed by atoms with Crippen LogP contribution in [0.1, 0.15) is 6.92 Å². The predicted octanol–water partition coefficient (Wildman–Crippen LogP) is -0.875. The first kappa shape index (κ1) is 13.6. The number of nitrogens with one attached hydrogen (secondary N) is 1. The number of aliphatic carboxylic acids is 1. The van der Waals surface area contributed by atoms with Crippen molar-refractivity contribution >= 4 is 47.6 Å². The second-order valence-electron chi connectivity index (χ2n) is 1.77. The van der Waals surface area contributed by atoms with Gasteiger partial charge in [0, 0.05) is 12.7 Å². The van der Waals surface area contributed by atoms with Crippen molar-refractivity contribution in [3.63, 3.8) is 0 Å². The molecule has 0 aliphatic heterocycles. The molecule has 0 fully saturated rings. The average molecular weight is 188 g/mol. The van der Waals surface area contributed by atoms with Crippen molar-refractivity contribution in [2.24, 2.45) is 0 Å². The quantitative estimate of drug-likeness (QED) is 0.397. The first-order valence-electron chi connectivity index (χ1n) is 2.68. The summed E-state index contributed by atoms with van der Waals surface area (Å²) in [4.78, 5) is 20.5. The Morgan fingerprint density at radius 2 is 2.09 bits per heavy atom. The number of carbonyl (C=O) groups is 2. The zero-order valence-electron chi connectivity index (χ0n) is 6.20. The first-order chi connectivity index (χ1) is 4.57. The van der Waals surface area contributed by atoms with E-state index >= 15 is 0 Å². The Morgan fingerprint density at radius 3 is 2.18 bits per heavy atom. The fraction of sp³-hybridized carbons (Fsp3) is 0.600. The molecule has 0 radical (unpaired) electrons. The maximum Gasteiger partial charge on any atom is 2.00 e. The largest absolute Gasteiger partial charge is 2.00 e. The smallest absolute Gasteiger partial charge is 0.480 e. The van der Waals surface area contributed by atoms with E-state index in [-0.39, 0.29) is 34.7 Å². The van der Waals surface area contributed by atoms with E-state index in [0.717, 1.165) is 0 Å². The Balaban J connectivity index is 0. The Kier molecular flexibility index (Phi) is 8.36. The number of thiol groups is 1. The Labute approximate surface area is 86.3 Å². The molecular weight excluding hydrogens is 178 g/mol. The Hall–Kier alpha value is 0.0562. The van der Waals surface area contributed by atoms with E-state index in [1.807, 2.05) is 0 Å². The SMILES string of the molecule is CC(=O)NC(CS)C(=O)O.[Mg+2]. The van der Waals surface area contributed by atoms with E-state index in [1.165, 1.54) is 6.92 Å². The second kappa shape index (κ2) is 6.75. The maximum absolute atomic E-state index is 10.3. The third-order valence-electron chi connectivity index (χ3n) is 0.858. The van der Waals surface area contributed by atoms with Crippen molar-refractivity contribution in [2.45, 2.75) is 13.0 Å². The molecule has 0 saturated carbocycles. The van der Waals surface area contributed by atoms with Crippen LogP contribution in [-0.2, 0) is 9.59 Å². The third-order valence-corrected chi connectivity index (χ3v) is 1.22. The number of hydrogen-bond donors (Lipinski definition) is 3. The summed E-state index contributed by atoms with van der Waals surface area (Å²) in [6, 6.07) is -0.874. The topological polar surface area (TPSA) is 66.4 Å². The first-order valence-corrected chi connectivity index (χ1v) is 3.32. The standard InChI is InChI=1S/C5H9NO3S.Mg/c1-3(7)6-4(2-10)5(8)9;/h4,10H,2H2,1H3,(H,6,7)(H,8,9);/q;+2. The summed E-state index contributed by atoms with van der Waals surface area (Å²) >= 11 is 3.73. The van der Waals surface area contributed by atoms with Crippen molar-refractivity contribution in [3.8, 4) is 0 Å². The van der Waals surface area contributed by atoms with E-state index < -0.39 is 12.0 Å². The molecule has 58 valence electrons. The molecule has 6 heteroatoms. The summed E-state index contributed by atoms with van der Waals surface area (Å²) in [6.07, 6.45) is 0. The molecule has 1 atom stereocenters. The van der Waals surface area contributed by atoms with Gasteiger partial charge in [-0.3, -0.25) is 4.79 Å². The molecule has 1 unspecified atom stereocenters. The van der Waals surface area contributed by atoms with Gasteiger partial charge in [0.15, 0.2) is 0 Å². The molecule has 11 heavy (non-hydrogen) atoms. The zero-order chi connectivity index (χ0) is 8.15. The van der Waals surface area contributed by atoms with Crippen LogP contribution < -0.4 is 5.32 Å². The molecule has 0 rings (SSSR count). The average Bonchev–Trinajstić information content (AvgIpc) is 1.81. The normalized spacial score (nSPS) is 11.1. The molecule has 0 aromatic rings. The van der Waals surface area contributed by atoms with Crippen LogP contribution >= 0.6 is 12.6 Å². The number of rotatable bonds is 3. The summed E-state index contributed by atoms with van der Waals surface area (Å²) in [5.41, 5.74) is 0. The predicted molar refractivity (Wildman–Crippen MR) is 44.8 cm³/mol. The summed E-state index contributed by atoms with van der Waals surface area (Å²) in [5, 5.41) is 10.6. The van der Waals surface area contributed by atoms with Gasteiger partial charge in [0.25, 0.3) is 0 Å². The minimum absolute atomic E-state index is 0. The van der Waals surface area contributed by atoms with Crippen molar-refractivity contribution in [1.29, 1.82) is 0 Å². The number of amides is 1. The van der Waals surface area contributed by atoms with Gasteiger partial charge >= 0.3 is 29.0 Å². The van der Waals surface area contributed by atoms with Crippen molar-refractivity contribution in [1.82, 2.24) is 5.32 Å². The minimum atomic E-state index is -1.06. The van der Waals surface area contributed by atoms with E-state index in [2.05, 4.69) is 17.9 Å². The molecule has 1 amide bonds. The summed E-state index contributed by atoms with van der Waals surface area (Å²) in [6.45, 7) is 1.26. The number of carboxylic acids is 1. The second-order valence-corrected chi connectivity index (χ2v) is 2.14. The molecule has 0 spiro atoms. The van der Waals surface area contributed by atoms with Crippen LogP contribution in [0, 0.1) is 0 Å². The molecule has 0 aliphatic rings. The molecule has 0 bridgehead atoms. The summed E-state index contributed by atoms with van der Waals surface area (Å²) in [7, 11) is 0. The van der Waals surface area contributed by atoms with E-state index in [4.69, 9.17) is 5.11 Å². The third kappa shape index (κ3) is 6.45. The van der Waals surface area contributed by atoms with Crippen LogP contribution in [0.5, 0.6) is 0 Å². The molecule has 4 nitrogen and oxygen atoms in total. The summed E-state index contributed by atoms with van der Waals surface area (Å²) < 4.78 is 0.